The van der Waals surface area contributed by atoms with E-state index in [1.807, 2.05) is 0 Å². The normalized spacial score (nSPS) is 39.9. The van der Waals surface area contributed by atoms with Gasteiger partial charge in [0, 0.05) is 33.6 Å². The van der Waals surface area contributed by atoms with Crippen molar-refractivity contribution in [3.05, 3.63) is 0 Å². The van der Waals surface area contributed by atoms with Crippen LogP contribution in [0.4, 0.5) is 0 Å². The number of aliphatic hydroxyl groups excluding tert-OH is 12. The van der Waals surface area contributed by atoms with Gasteiger partial charge in [-0.3, -0.25) is 18.9 Å². The van der Waals surface area contributed by atoms with Gasteiger partial charge in [0.15, 0.2) is 12.6 Å². The number of carbonyl (C=O) groups excluding carboxylic acids is 3. The van der Waals surface area contributed by atoms with Gasteiger partial charge in [0.05, 0.1) is 50.7 Å². The van der Waals surface area contributed by atoms with E-state index in [1.165, 1.54) is 0 Å². The SMILES string of the molecule is CC(=O)N[C@H]1[C@H]([C@H](O)[C@H](O)CO)O[C@@](OC[C@H]2OC(O)[C@H](NC(C)=O)[C@@H](O[C@@H]3O[C@H](COS(=O)(=O)O)[C@H](O)[C@H](O[C@]4(C(=O)O)C[C@H](O)[C@@H](NC(C)=O)[C@H]([C@H](O)[C@H](O)CO)O4)[C@H]3O)[C@H]2O)(C(=O)O)C[C@@H]1O. The van der Waals surface area contributed by atoms with E-state index in [0.29, 0.717) is 0 Å². The monoisotopic (exact) mass is 1050 g/mol. The second-order valence-electron chi connectivity index (χ2n) is 16.8. The molecular formula is C36H59N3O30S. The lowest BCUT2D eigenvalue weighted by Gasteiger charge is -2.51. The molecule has 3 amide bonds. The first-order chi connectivity index (χ1) is 32.4. The quantitative estimate of drug-likeness (QED) is 0.0475. The third-order valence-electron chi connectivity index (χ3n) is 11.6. The summed E-state index contributed by atoms with van der Waals surface area (Å²) in [5.74, 6) is -13.3. The molecular weight excluding hydrogens is 986 g/mol. The Morgan fingerprint density at radius 3 is 1.51 bits per heavy atom. The Hall–Kier alpha value is -3.54. The minimum Gasteiger partial charge on any atom is -0.477 e. The molecule has 0 aromatic carbocycles. The van der Waals surface area contributed by atoms with Crippen molar-refractivity contribution in [1.82, 2.24) is 16.0 Å². The van der Waals surface area contributed by atoms with Crippen LogP contribution in [0, 0.1) is 0 Å². The lowest BCUT2D eigenvalue weighted by atomic mass is 9.88. The van der Waals surface area contributed by atoms with Gasteiger partial charge in [0.1, 0.15) is 85.4 Å². The highest BCUT2D eigenvalue weighted by molar-refractivity contribution is 7.80. The zero-order valence-electron chi connectivity index (χ0n) is 37.0. The van der Waals surface area contributed by atoms with Crippen molar-refractivity contribution in [2.45, 2.75) is 167 Å². The Kier molecular flexibility index (Phi) is 20.2. The van der Waals surface area contributed by atoms with Crippen LogP contribution in [-0.2, 0) is 71.7 Å². The molecule has 0 spiro atoms. The number of rotatable bonds is 21. The molecule has 22 atom stereocenters. The van der Waals surface area contributed by atoms with Gasteiger partial charge in [-0.15, -0.1) is 0 Å². The van der Waals surface area contributed by atoms with Crippen LogP contribution in [0.25, 0.3) is 0 Å². The predicted molar refractivity (Wildman–Crippen MR) is 213 cm³/mol. The molecule has 34 heteroatoms. The summed E-state index contributed by atoms with van der Waals surface area (Å²) in [6.45, 7) is -2.10. The Labute approximate surface area is 395 Å². The van der Waals surface area contributed by atoms with Crippen molar-refractivity contribution >= 4 is 40.1 Å². The lowest BCUT2D eigenvalue weighted by molar-refractivity contribution is -0.381. The van der Waals surface area contributed by atoms with E-state index >= 15 is 0 Å². The highest BCUT2D eigenvalue weighted by atomic mass is 32.3. The topological polar surface area (TPSA) is 533 Å². The molecule has 4 aliphatic heterocycles. The van der Waals surface area contributed by atoms with Crippen molar-refractivity contribution in [2.24, 2.45) is 0 Å². The number of ether oxygens (including phenoxy) is 7. The maximum Gasteiger partial charge on any atom is 0.397 e. The summed E-state index contributed by atoms with van der Waals surface area (Å²) in [5, 5.41) is 156. The van der Waals surface area contributed by atoms with E-state index in [1.54, 1.807) is 0 Å². The van der Waals surface area contributed by atoms with Crippen molar-refractivity contribution in [3.8, 4) is 0 Å². The zero-order chi connectivity index (χ0) is 53.0. The molecule has 404 valence electrons. The van der Waals surface area contributed by atoms with Crippen molar-refractivity contribution in [3.63, 3.8) is 0 Å². The molecule has 4 rings (SSSR count). The Morgan fingerprint density at radius 2 is 1.07 bits per heavy atom. The van der Waals surface area contributed by atoms with Gasteiger partial charge in [-0.2, -0.15) is 8.42 Å². The number of aliphatic hydroxyl groups is 12. The highest BCUT2D eigenvalue weighted by Gasteiger charge is 2.61. The molecule has 4 aliphatic rings. The molecule has 4 fully saturated rings. The van der Waals surface area contributed by atoms with E-state index in [0.717, 1.165) is 20.8 Å². The minimum atomic E-state index is -5.39. The van der Waals surface area contributed by atoms with Gasteiger partial charge in [-0.05, 0) is 0 Å². The van der Waals surface area contributed by atoms with Crippen LogP contribution in [0.1, 0.15) is 33.6 Å². The molecule has 0 aromatic rings. The Morgan fingerprint density at radius 1 is 0.643 bits per heavy atom. The fourth-order valence-electron chi connectivity index (χ4n) is 8.18. The molecule has 70 heavy (non-hydrogen) atoms. The van der Waals surface area contributed by atoms with Gasteiger partial charge < -0.3 is 121 Å². The number of hydrogen-bond donors (Lipinski definition) is 18. The minimum absolute atomic E-state index is 0.820. The van der Waals surface area contributed by atoms with E-state index in [-0.39, 0.29) is 0 Å². The fraction of sp³-hybridized carbons (Fsp3) is 0.861. The number of carbonyl (C=O) groups is 5. The average molecular weight is 1050 g/mol. The Balaban J connectivity index is 1.73. The number of hydrogen-bond acceptors (Lipinski definition) is 27. The van der Waals surface area contributed by atoms with Crippen molar-refractivity contribution < 1.29 is 146 Å². The molecule has 0 aromatic heterocycles. The summed E-state index contributed by atoms with van der Waals surface area (Å²) in [6.07, 6.45) is -40.3. The largest absolute Gasteiger partial charge is 0.477 e. The predicted octanol–water partition coefficient (Wildman–Crippen LogP) is -11.1. The van der Waals surface area contributed by atoms with Gasteiger partial charge in [0.25, 0.3) is 11.6 Å². The summed E-state index contributed by atoms with van der Waals surface area (Å²) in [4.78, 5) is 62.1. The van der Waals surface area contributed by atoms with Crippen LogP contribution in [0.2, 0.25) is 0 Å². The second kappa shape index (κ2) is 24.0. The van der Waals surface area contributed by atoms with Gasteiger partial charge in [0.2, 0.25) is 17.7 Å². The summed E-state index contributed by atoms with van der Waals surface area (Å²) in [7, 11) is -5.39. The first-order valence-corrected chi connectivity index (χ1v) is 22.4. The van der Waals surface area contributed by atoms with Crippen LogP contribution in [0.15, 0.2) is 0 Å². The summed E-state index contributed by atoms with van der Waals surface area (Å²) >= 11 is 0. The summed E-state index contributed by atoms with van der Waals surface area (Å²) in [5.41, 5.74) is 0. The van der Waals surface area contributed by atoms with E-state index in [4.69, 9.17) is 33.2 Å². The molecule has 0 radical (unpaired) electrons. The molecule has 1 unspecified atom stereocenters. The van der Waals surface area contributed by atoms with Crippen molar-refractivity contribution in [1.29, 1.82) is 0 Å². The van der Waals surface area contributed by atoms with Crippen LogP contribution >= 0.6 is 0 Å². The number of carboxylic acid groups (broad SMARTS) is 2. The molecule has 18 N–H and O–H groups in total. The number of aliphatic carboxylic acids is 2. The Bertz CT molecular complexity index is 1940. The van der Waals surface area contributed by atoms with Crippen LogP contribution < -0.4 is 16.0 Å². The third-order valence-corrected chi connectivity index (χ3v) is 12.0. The van der Waals surface area contributed by atoms with E-state index in [9.17, 15) is 108 Å². The zero-order valence-corrected chi connectivity index (χ0v) is 37.8. The van der Waals surface area contributed by atoms with Crippen LogP contribution in [0.3, 0.4) is 0 Å². The molecule has 0 bridgehead atoms. The molecule has 0 aliphatic carbocycles. The third kappa shape index (κ3) is 13.7. The van der Waals surface area contributed by atoms with Crippen molar-refractivity contribution in [2.75, 3.05) is 26.4 Å². The maximum atomic E-state index is 13.0. The summed E-state index contributed by atoms with van der Waals surface area (Å²) < 4.78 is 75.8. The first kappa shape index (κ1) is 59.0. The molecule has 4 heterocycles. The number of nitrogens with one attached hydrogen (secondary N) is 3. The van der Waals surface area contributed by atoms with E-state index < -0.39 is 213 Å². The van der Waals surface area contributed by atoms with Crippen LogP contribution in [0.5, 0.6) is 0 Å². The standard InChI is InChI=1S/C36H59N3O30S/c1-10(42)37-19-13(45)4-35(33(55)56,67-28(19)22(49)15(47)6-40)62-8-17-24(51)27(21(31(54)64-17)39-12(3)44)66-32-26(53)30(25(52)18(65-32)9-63-70(59,60)61)69-36(34(57)58)5-14(46)20(38-11(2)43)29(68-36)23(50)16(48)7-41/h13-32,40-41,45-54H,4-9H2,1-3H3,(H,37,42)(H,38,43)(H,39,44)(H,55,56)(H,57,58)(H,59,60,61)/t13-,14-,15+,16+,17+,18+,19+,20+,21+,22+,23+,24-,25-,26+,27+,28+,29+,30-,31?,32-,35+,36-/m0/s1. The summed E-state index contributed by atoms with van der Waals surface area (Å²) in [6, 6.07) is -5.31. The smallest absolute Gasteiger partial charge is 0.397 e. The lowest BCUT2D eigenvalue weighted by Crippen LogP contribution is -2.71. The number of carboxylic acids is 2. The first-order valence-electron chi connectivity index (χ1n) is 21.0. The second-order valence-corrected chi connectivity index (χ2v) is 17.9. The molecule has 33 nitrogen and oxygen atoms in total. The van der Waals surface area contributed by atoms with Gasteiger partial charge in [-0.25, -0.2) is 13.8 Å². The van der Waals surface area contributed by atoms with Gasteiger partial charge >= 0.3 is 22.3 Å². The molecule has 0 saturated carbocycles. The molecule has 4 saturated heterocycles. The van der Waals surface area contributed by atoms with Gasteiger partial charge in [-0.1, -0.05) is 0 Å². The number of amides is 3. The maximum absolute atomic E-state index is 13.0. The highest BCUT2D eigenvalue weighted by Crippen LogP contribution is 2.39. The van der Waals surface area contributed by atoms with Crippen LogP contribution in [-0.4, -0.2) is 274 Å². The average Bonchev–Trinajstić information content (AvgIpc) is 3.26. The van der Waals surface area contributed by atoms with E-state index in [2.05, 4.69) is 20.1 Å². The fourth-order valence-corrected chi connectivity index (χ4v) is 8.49.